The van der Waals surface area contributed by atoms with Gasteiger partial charge in [0.15, 0.2) is 0 Å². The highest BCUT2D eigenvalue weighted by atomic mass is 16.5. The number of nitrogens with zero attached hydrogens (tertiary/aromatic N) is 2. The Bertz CT molecular complexity index is 2200. The van der Waals surface area contributed by atoms with Crippen LogP contribution in [0.5, 0.6) is 5.75 Å². The number of esters is 1. The largest absolute Gasteiger partial charge is 0.497 e. The first-order valence-electron chi connectivity index (χ1n) is 14.8. The fourth-order valence-electron chi connectivity index (χ4n) is 7.09. The van der Waals surface area contributed by atoms with Crippen LogP contribution in [0.3, 0.4) is 0 Å². The summed E-state index contributed by atoms with van der Waals surface area (Å²) in [4.78, 5) is 45.3. The fourth-order valence-corrected chi connectivity index (χ4v) is 7.09. The van der Waals surface area contributed by atoms with E-state index in [0.29, 0.717) is 23.3 Å². The van der Waals surface area contributed by atoms with Gasteiger partial charge in [-0.2, -0.15) is 0 Å². The Hall–Kier alpha value is -5.37. The molecule has 6 aromatic rings. The summed E-state index contributed by atoms with van der Waals surface area (Å²) in [5.41, 5.74) is 5.33. The van der Waals surface area contributed by atoms with Crippen LogP contribution in [0, 0.1) is 0 Å². The maximum Gasteiger partial charge on any atom is 0.303 e. The van der Waals surface area contributed by atoms with Crippen LogP contribution in [0.2, 0.25) is 0 Å². The second-order valence-corrected chi connectivity index (χ2v) is 11.5. The third-order valence-electron chi connectivity index (χ3n) is 8.97. The monoisotopic (exact) mass is 583 g/mol. The molecule has 0 spiro atoms. The first kappa shape index (κ1) is 26.3. The Kier molecular flexibility index (Phi) is 5.88. The normalized spacial score (nSPS) is 18.2. The maximum atomic E-state index is 14.4. The van der Waals surface area contributed by atoms with Gasteiger partial charge in [-0.05, 0) is 48.7 Å². The molecule has 2 aliphatic rings. The molecule has 8 heteroatoms. The van der Waals surface area contributed by atoms with Gasteiger partial charge in [-0.15, -0.1) is 0 Å². The molecule has 0 fully saturated rings. The first-order chi connectivity index (χ1) is 21.4. The van der Waals surface area contributed by atoms with Gasteiger partial charge >= 0.3 is 5.97 Å². The van der Waals surface area contributed by atoms with Crippen LogP contribution >= 0.6 is 0 Å². The number of amides is 2. The molecule has 218 valence electrons. The Morgan fingerprint density at radius 2 is 1.57 bits per heavy atom. The lowest BCUT2D eigenvalue weighted by Gasteiger charge is -2.25. The van der Waals surface area contributed by atoms with Crippen molar-refractivity contribution in [3.63, 3.8) is 0 Å². The molecule has 44 heavy (non-hydrogen) atoms. The smallest absolute Gasteiger partial charge is 0.303 e. The number of methoxy groups -OCH3 is 1. The van der Waals surface area contributed by atoms with Crippen LogP contribution in [0.15, 0.2) is 84.9 Å². The summed E-state index contributed by atoms with van der Waals surface area (Å²) in [6.07, 6.45) is 5.21. The van der Waals surface area contributed by atoms with Crippen molar-refractivity contribution in [2.75, 3.05) is 7.11 Å². The van der Waals surface area contributed by atoms with Crippen LogP contribution in [0.25, 0.3) is 43.6 Å². The second-order valence-electron chi connectivity index (χ2n) is 11.5. The van der Waals surface area contributed by atoms with E-state index in [-0.39, 0.29) is 36.5 Å². The number of imide groups is 1. The van der Waals surface area contributed by atoms with Gasteiger partial charge in [0.2, 0.25) is 0 Å². The Balaban J connectivity index is 1.41. The summed E-state index contributed by atoms with van der Waals surface area (Å²) in [6.45, 7) is 1.58. The number of ether oxygens (including phenoxy) is 2. The Morgan fingerprint density at radius 3 is 2.27 bits per heavy atom. The van der Waals surface area contributed by atoms with Gasteiger partial charge < -0.3 is 19.0 Å². The van der Waals surface area contributed by atoms with Gasteiger partial charge in [-0.25, -0.2) is 0 Å². The molecular formula is C36H29N3O5. The molecule has 2 aromatic heterocycles. The van der Waals surface area contributed by atoms with E-state index in [9.17, 15) is 14.4 Å². The van der Waals surface area contributed by atoms with Crippen LogP contribution < -0.4 is 4.74 Å². The number of carbonyl (C=O) groups excluding carboxylic acids is 3. The summed E-state index contributed by atoms with van der Waals surface area (Å²) in [7, 11) is 1.61. The van der Waals surface area contributed by atoms with Gasteiger partial charge in [-0.1, -0.05) is 54.6 Å². The third-order valence-corrected chi connectivity index (χ3v) is 8.97. The number of carbonyl (C=O) groups is 3. The molecular weight excluding hydrogens is 554 g/mol. The molecule has 0 saturated carbocycles. The number of benzene rings is 4. The molecule has 1 aliphatic carbocycles. The molecule has 8 nitrogen and oxygen atoms in total. The highest BCUT2D eigenvalue weighted by Crippen LogP contribution is 2.47. The molecule has 1 unspecified atom stereocenters. The molecule has 1 aliphatic heterocycles. The zero-order valence-corrected chi connectivity index (χ0v) is 24.3. The Morgan fingerprint density at radius 1 is 0.864 bits per heavy atom. The summed E-state index contributed by atoms with van der Waals surface area (Å²) in [5, 5.41) is 3.36. The van der Waals surface area contributed by atoms with E-state index in [1.165, 1.54) is 11.8 Å². The lowest BCUT2D eigenvalue weighted by Crippen LogP contribution is -2.29. The van der Waals surface area contributed by atoms with Gasteiger partial charge in [-0.3, -0.25) is 19.3 Å². The first-order valence-corrected chi connectivity index (χ1v) is 14.8. The average Bonchev–Trinajstić information content (AvgIpc) is 3.66. The molecule has 8 rings (SSSR count). The van der Waals surface area contributed by atoms with E-state index in [4.69, 9.17) is 9.47 Å². The van der Waals surface area contributed by atoms with Gasteiger partial charge in [0.05, 0.1) is 41.9 Å². The minimum absolute atomic E-state index is 0.0421. The van der Waals surface area contributed by atoms with Crippen molar-refractivity contribution < 1.29 is 23.9 Å². The van der Waals surface area contributed by atoms with E-state index < -0.39 is 0 Å². The molecule has 0 bridgehead atoms. The number of allylic oxidation sites excluding steroid dienone is 1. The molecule has 1 N–H and O–H groups in total. The summed E-state index contributed by atoms with van der Waals surface area (Å²) in [5.74, 6) is -0.180. The zero-order chi connectivity index (χ0) is 30.1. The number of aromatic nitrogens is 2. The molecule has 2 amide bonds. The van der Waals surface area contributed by atoms with Crippen LogP contribution in [0.4, 0.5) is 0 Å². The van der Waals surface area contributed by atoms with Crippen LogP contribution in [-0.4, -0.2) is 45.4 Å². The minimum atomic E-state index is -0.298. The van der Waals surface area contributed by atoms with E-state index in [0.717, 1.165) is 55.6 Å². The number of fused-ring (bicyclic) bond motifs is 10. The number of hydrogen-bond acceptors (Lipinski definition) is 5. The van der Waals surface area contributed by atoms with Crippen molar-refractivity contribution >= 4 is 61.4 Å². The lowest BCUT2D eigenvalue weighted by molar-refractivity contribution is -0.144. The van der Waals surface area contributed by atoms with Gasteiger partial charge in [0.1, 0.15) is 11.9 Å². The van der Waals surface area contributed by atoms with Crippen LogP contribution in [-0.2, 0) is 16.1 Å². The summed E-state index contributed by atoms with van der Waals surface area (Å²) >= 11 is 0. The number of aromatic amines is 1. The standard InChI is InChI=1S/C36H29N3O5/c1-20(40)44-24-17-13-22(14-18-24)39-28-10-6-4-8-26(28)30-32-31(29-25-7-3-5-9-27(25)37-33(29)34(30)39)35(41)38(36(32)42)19-21-11-15-23(43-2)16-12-21/h3-13,15-17,22,24,37H,14,18-19H2,1-2H3/t22?,24-/m0/s1. The zero-order valence-electron chi connectivity index (χ0n) is 24.3. The number of rotatable bonds is 5. The quantitative estimate of drug-likeness (QED) is 0.133. The van der Waals surface area contributed by atoms with Crippen molar-refractivity contribution in [3.05, 3.63) is 102 Å². The van der Waals surface area contributed by atoms with Crippen LogP contribution in [0.1, 0.15) is 52.1 Å². The molecule has 4 aromatic carbocycles. The van der Waals surface area contributed by atoms with E-state index >= 15 is 0 Å². The van der Waals surface area contributed by atoms with Crippen molar-refractivity contribution in [1.82, 2.24) is 14.5 Å². The summed E-state index contributed by atoms with van der Waals surface area (Å²) in [6, 6.07) is 23.4. The molecule has 0 radical (unpaired) electrons. The average molecular weight is 584 g/mol. The van der Waals surface area contributed by atoms with Crippen molar-refractivity contribution in [2.45, 2.75) is 38.5 Å². The van der Waals surface area contributed by atoms with Crippen molar-refractivity contribution in [3.8, 4) is 5.75 Å². The predicted molar refractivity (Wildman–Crippen MR) is 169 cm³/mol. The van der Waals surface area contributed by atoms with Gasteiger partial charge in [0.25, 0.3) is 11.8 Å². The highest BCUT2D eigenvalue weighted by molar-refractivity contribution is 6.39. The fraction of sp³-hybridized carbons (Fsp3) is 0.194. The highest BCUT2D eigenvalue weighted by Gasteiger charge is 2.42. The van der Waals surface area contributed by atoms with Crippen molar-refractivity contribution in [2.24, 2.45) is 0 Å². The molecule has 2 atom stereocenters. The van der Waals surface area contributed by atoms with Crippen molar-refractivity contribution in [1.29, 1.82) is 0 Å². The SMILES string of the molecule is COc1ccc(CN2C(=O)c3c(c4c5ccccc5n(C5C=C[C@H](OC(C)=O)CC5)c4c4[nH]c5ccccc5c34)C2=O)cc1. The number of nitrogens with one attached hydrogen (secondary N) is 1. The third kappa shape index (κ3) is 3.80. The Labute approximate surface area is 252 Å². The molecule has 0 saturated heterocycles. The van der Waals surface area contributed by atoms with E-state index in [1.807, 2.05) is 72.8 Å². The van der Waals surface area contributed by atoms with E-state index in [2.05, 4.69) is 21.7 Å². The second kappa shape index (κ2) is 9.84. The van der Waals surface area contributed by atoms with Gasteiger partial charge in [0, 0.05) is 39.5 Å². The van der Waals surface area contributed by atoms with E-state index in [1.54, 1.807) is 7.11 Å². The number of para-hydroxylation sites is 2. The number of H-pyrrole nitrogens is 1. The predicted octanol–water partition coefficient (Wildman–Crippen LogP) is 7.06. The topological polar surface area (TPSA) is 93.6 Å². The number of hydrogen-bond donors (Lipinski definition) is 1. The summed E-state index contributed by atoms with van der Waals surface area (Å²) < 4.78 is 13.0. The minimum Gasteiger partial charge on any atom is -0.497 e. The maximum absolute atomic E-state index is 14.4. The molecule has 3 heterocycles. The lowest BCUT2D eigenvalue weighted by atomic mass is 9.96.